The molecule has 1 atom stereocenters. The standard InChI is InChI=1S/C16H22N4O2/c1-13(21)11-19(2)16(22)17-10-14-6-3-4-7-15(14)12-20-9-5-8-18-20/h3-9,13,21H,10-12H2,1-2H3,(H,17,22). The number of carbonyl (C=O) groups is 1. The first-order valence-electron chi connectivity index (χ1n) is 7.27. The highest BCUT2D eigenvalue weighted by atomic mass is 16.3. The summed E-state index contributed by atoms with van der Waals surface area (Å²) >= 11 is 0. The van der Waals surface area contributed by atoms with Crippen LogP contribution in [0.4, 0.5) is 4.79 Å². The number of nitrogens with one attached hydrogen (secondary N) is 1. The van der Waals surface area contributed by atoms with Crippen LogP contribution in [0.5, 0.6) is 0 Å². The first kappa shape index (κ1) is 16.0. The van der Waals surface area contributed by atoms with Crippen molar-refractivity contribution in [3.63, 3.8) is 0 Å². The Morgan fingerprint density at radius 2 is 2.09 bits per heavy atom. The van der Waals surface area contributed by atoms with E-state index in [9.17, 15) is 9.90 Å². The monoisotopic (exact) mass is 302 g/mol. The third-order valence-corrected chi connectivity index (χ3v) is 3.32. The smallest absolute Gasteiger partial charge is 0.317 e. The summed E-state index contributed by atoms with van der Waals surface area (Å²) in [5, 5.41) is 16.4. The molecule has 2 N–H and O–H groups in total. The van der Waals surface area contributed by atoms with Crippen LogP contribution in [0.3, 0.4) is 0 Å². The van der Waals surface area contributed by atoms with E-state index in [1.807, 2.05) is 41.2 Å². The number of benzene rings is 1. The van der Waals surface area contributed by atoms with Gasteiger partial charge in [0, 0.05) is 32.5 Å². The predicted octanol–water partition coefficient (Wildman–Crippen LogP) is 1.45. The van der Waals surface area contributed by atoms with E-state index in [0.29, 0.717) is 19.6 Å². The predicted molar refractivity (Wildman–Crippen MR) is 84.3 cm³/mol. The largest absolute Gasteiger partial charge is 0.392 e. The van der Waals surface area contributed by atoms with E-state index < -0.39 is 6.10 Å². The molecule has 118 valence electrons. The molecule has 2 rings (SSSR count). The molecule has 1 aromatic carbocycles. The fraction of sp³-hybridized carbons (Fsp3) is 0.375. The van der Waals surface area contributed by atoms with Gasteiger partial charge in [-0.15, -0.1) is 0 Å². The van der Waals surface area contributed by atoms with E-state index in [4.69, 9.17) is 0 Å². The van der Waals surface area contributed by atoms with E-state index in [-0.39, 0.29) is 6.03 Å². The number of hydrogen-bond donors (Lipinski definition) is 2. The Balaban J connectivity index is 1.96. The van der Waals surface area contributed by atoms with Crippen LogP contribution in [0.2, 0.25) is 0 Å². The summed E-state index contributed by atoms with van der Waals surface area (Å²) in [6, 6.07) is 9.64. The number of aliphatic hydroxyl groups is 1. The highest BCUT2D eigenvalue weighted by molar-refractivity contribution is 5.73. The second-order valence-electron chi connectivity index (χ2n) is 5.36. The highest BCUT2D eigenvalue weighted by Gasteiger charge is 2.11. The molecule has 2 amide bonds. The van der Waals surface area contributed by atoms with Crippen LogP contribution in [-0.4, -0.2) is 45.5 Å². The van der Waals surface area contributed by atoms with Gasteiger partial charge in [0.25, 0.3) is 0 Å². The zero-order valence-electron chi connectivity index (χ0n) is 12.9. The Bertz CT molecular complexity index is 596. The van der Waals surface area contributed by atoms with Gasteiger partial charge in [-0.1, -0.05) is 24.3 Å². The lowest BCUT2D eigenvalue weighted by Gasteiger charge is -2.20. The summed E-state index contributed by atoms with van der Waals surface area (Å²) < 4.78 is 1.85. The molecule has 0 fully saturated rings. The van der Waals surface area contributed by atoms with Crippen molar-refractivity contribution < 1.29 is 9.90 Å². The molecule has 0 saturated carbocycles. The molecule has 6 nitrogen and oxygen atoms in total. The summed E-state index contributed by atoms with van der Waals surface area (Å²) in [6.45, 7) is 3.08. The van der Waals surface area contributed by atoms with Crippen LogP contribution in [0.25, 0.3) is 0 Å². The summed E-state index contributed by atoms with van der Waals surface area (Å²) in [6.07, 6.45) is 3.11. The molecule has 1 aromatic heterocycles. The Kier molecular flexibility index (Phi) is 5.55. The lowest BCUT2D eigenvalue weighted by molar-refractivity contribution is 0.143. The fourth-order valence-electron chi connectivity index (χ4n) is 2.24. The number of rotatable bonds is 6. The summed E-state index contributed by atoms with van der Waals surface area (Å²) in [7, 11) is 1.66. The molecule has 0 aliphatic heterocycles. The summed E-state index contributed by atoms with van der Waals surface area (Å²) in [5.74, 6) is 0. The van der Waals surface area contributed by atoms with E-state index in [1.165, 1.54) is 4.90 Å². The lowest BCUT2D eigenvalue weighted by Crippen LogP contribution is -2.40. The molecular formula is C16H22N4O2. The molecule has 0 spiro atoms. The number of nitrogens with zero attached hydrogens (tertiary/aromatic N) is 3. The topological polar surface area (TPSA) is 70.4 Å². The van der Waals surface area contributed by atoms with Crippen molar-refractivity contribution in [3.05, 3.63) is 53.9 Å². The van der Waals surface area contributed by atoms with Crippen LogP contribution in [0, 0.1) is 0 Å². The highest BCUT2D eigenvalue weighted by Crippen LogP contribution is 2.10. The molecule has 0 aliphatic rings. The molecular weight excluding hydrogens is 280 g/mol. The molecule has 22 heavy (non-hydrogen) atoms. The van der Waals surface area contributed by atoms with Gasteiger partial charge in [0.2, 0.25) is 0 Å². The maximum Gasteiger partial charge on any atom is 0.317 e. The molecule has 2 aromatic rings. The minimum Gasteiger partial charge on any atom is -0.392 e. The van der Waals surface area contributed by atoms with Gasteiger partial charge in [0.15, 0.2) is 0 Å². The van der Waals surface area contributed by atoms with Crippen LogP contribution < -0.4 is 5.32 Å². The van der Waals surface area contributed by atoms with E-state index in [0.717, 1.165) is 11.1 Å². The maximum absolute atomic E-state index is 12.0. The van der Waals surface area contributed by atoms with Gasteiger partial charge in [-0.05, 0) is 24.1 Å². The Morgan fingerprint density at radius 3 is 2.73 bits per heavy atom. The van der Waals surface area contributed by atoms with Gasteiger partial charge in [-0.3, -0.25) is 4.68 Å². The van der Waals surface area contributed by atoms with Crippen LogP contribution in [0.1, 0.15) is 18.1 Å². The van der Waals surface area contributed by atoms with Crippen molar-refractivity contribution in [2.75, 3.05) is 13.6 Å². The third kappa shape index (κ3) is 4.60. The molecule has 1 unspecified atom stereocenters. The fourth-order valence-corrected chi connectivity index (χ4v) is 2.24. The zero-order chi connectivity index (χ0) is 15.9. The van der Waals surface area contributed by atoms with Crippen molar-refractivity contribution in [2.45, 2.75) is 26.1 Å². The molecule has 0 aliphatic carbocycles. The number of urea groups is 1. The number of aromatic nitrogens is 2. The minimum atomic E-state index is -0.539. The van der Waals surface area contributed by atoms with Crippen molar-refractivity contribution in [1.82, 2.24) is 20.0 Å². The summed E-state index contributed by atoms with van der Waals surface area (Å²) in [4.78, 5) is 13.4. The van der Waals surface area contributed by atoms with Gasteiger partial charge in [0.05, 0.1) is 12.6 Å². The van der Waals surface area contributed by atoms with E-state index >= 15 is 0 Å². The van der Waals surface area contributed by atoms with Crippen molar-refractivity contribution in [1.29, 1.82) is 0 Å². The second kappa shape index (κ2) is 7.61. The molecule has 6 heteroatoms. The first-order valence-corrected chi connectivity index (χ1v) is 7.27. The van der Waals surface area contributed by atoms with Crippen molar-refractivity contribution >= 4 is 6.03 Å². The van der Waals surface area contributed by atoms with Gasteiger partial charge < -0.3 is 15.3 Å². The minimum absolute atomic E-state index is 0.199. The van der Waals surface area contributed by atoms with E-state index in [1.54, 1.807) is 20.2 Å². The quantitative estimate of drug-likeness (QED) is 0.848. The molecule has 0 saturated heterocycles. The van der Waals surface area contributed by atoms with Crippen molar-refractivity contribution in [3.8, 4) is 0 Å². The number of amides is 2. The number of hydrogen-bond acceptors (Lipinski definition) is 3. The average molecular weight is 302 g/mol. The number of likely N-dealkylation sites (N-methyl/N-ethyl adjacent to an activating group) is 1. The van der Waals surface area contributed by atoms with Gasteiger partial charge in [-0.25, -0.2) is 4.79 Å². The van der Waals surface area contributed by atoms with Crippen LogP contribution in [0.15, 0.2) is 42.7 Å². The maximum atomic E-state index is 12.0. The zero-order valence-corrected chi connectivity index (χ0v) is 12.9. The van der Waals surface area contributed by atoms with Crippen molar-refractivity contribution in [2.24, 2.45) is 0 Å². The first-order chi connectivity index (χ1) is 10.6. The number of carbonyl (C=O) groups excluding carboxylic acids is 1. The lowest BCUT2D eigenvalue weighted by atomic mass is 10.1. The third-order valence-electron chi connectivity index (χ3n) is 3.32. The van der Waals surface area contributed by atoms with Gasteiger partial charge in [-0.2, -0.15) is 5.10 Å². The van der Waals surface area contributed by atoms with Crippen LogP contribution >= 0.6 is 0 Å². The number of aliphatic hydroxyl groups excluding tert-OH is 1. The molecule has 0 bridgehead atoms. The Labute approximate surface area is 130 Å². The van der Waals surface area contributed by atoms with E-state index in [2.05, 4.69) is 10.4 Å². The Hall–Kier alpha value is -2.34. The van der Waals surface area contributed by atoms with Gasteiger partial charge >= 0.3 is 6.03 Å². The molecule has 0 radical (unpaired) electrons. The second-order valence-corrected chi connectivity index (χ2v) is 5.36. The van der Waals surface area contributed by atoms with Crippen LogP contribution in [-0.2, 0) is 13.1 Å². The van der Waals surface area contributed by atoms with Gasteiger partial charge in [0.1, 0.15) is 0 Å². The normalized spacial score (nSPS) is 12.0. The SMILES string of the molecule is CC(O)CN(C)C(=O)NCc1ccccc1Cn1cccn1. The summed E-state index contributed by atoms with van der Waals surface area (Å²) in [5.41, 5.74) is 2.17. The molecule has 1 heterocycles. The average Bonchev–Trinajstić information content (AvgIpc) is 2.98. The Morgan fingerprint density at radius 1 is 1.36 bits per heavy atom.